The van der Waals surface area contributed by atoms with Crippen molar-refractivity contribution in [3.8, 4) is 5.75 Å². The molecule has 0 saturated carbocycles. The van der Waals surface area contributed by atoms with Gasteiger partial charge in [-0.05, 0) is 29.8 Å². The predicted octanol–water partition coefficient (Wildman–Crippen LogP) is 3.41. The van der Waals surface area contributed by atoms with E-state index in [0.29, 0.717) is 21.4 Å². The van der Waals surface area contributed by atoms with Gasteiger partial charge < -0.3 is 29.0 Å². The number of nitrogens with zero attached hydrogens (tertiary/aromatic N) is 1. The highest BCUT2D eigenvalue weighted by atomic mass is 35.5. The van der Waals surface area contributed by atoms with Gasteiger partial charge in [0.05, 0.1) is 6.61 Å². The van der Waals surface area contributed by atoms with Gasteiger partial charge in [-0.25, -0.2) is 4.79 Å². The van der Waals surface area contributed by atoms with E-state index in [-0.39, 0.29) is 26.4 Å². The summed E-state index contributed by atoms with van der Waals surface area (Å²) in [6, 6.07) is 11.1. The van der Waals surface area contributed by atoms with E-state index >= 15 is 0 Å². The summed E-state index contributed by atoms with van der Waals surface area (Å²) >= 11 is 12.3. The van der Waals surface area contributed by atoms with Crippen molar-refractivity contribution in [3.63, 3.8) is 0 Å². The summed E-state index contributed by atoms with van der Waals surface area (Å²) in [4.78, 5) is 26.0. The monoisotopic (exact) mass is 497 g/mol. The maximum absolute atomic E-state index is 12.9. The Morgan fingerprint density at radius 3 is 2.42 bits per heavy atom. The number of aliphatic carboxylic acids is 1. The third kappa shape index (κ3) is 6.37. The fraction of sp³-hybridized carbons (Fsp3) is 0.391. The zero-order valence-corrected chi connectivity index (χ0v) is 19.7. The van der Waals surface area contributed by atoms with E-state index in [0.717, 1.165) is 5.56 Å². The molecule has 0 spiro atoms. The Balaban J connectivity index is 1.63. The van der Waals surface area contributed by atoms with E-state index < -0.39 is 30.1 Å². The number of benzene rings is 2. The second-order valence-corrected chi connectivity index (χ2v) is 8.32. The maximum atomic E-state index is 12.9. The van der Waals surface area contributed by atoms with Crippen LogP contribution in [0.5, 0.6) is 5.75 Å². The third-order valence-electron chi connectivity index (χ3n) is 5.34. The molecule has 33 heavy (non-hydrogen) atoms. The molecule has 10 heteroatoms. The van der Waals surface area contributed by atoms with E-state index in [2.05, 4.69) is 0 Å². The average Bonchev–Trinajstić information content (AvgIpc) is 3.25. The number of carbonyl (C=O) groups is 2. The molecule has 0 bridgehead atoms. The van der Waals surface area contributed by atoms with Gasteiger partial charge >= 0.3 is 5.97 Å². The molecular formula is C23H25Cl2NO7. The van der Waals surface area contributed by atoms with Gasteiger partial charge in [-0.3, -0.25) is 4.79 Å². The van der Waals surface area contributed by atoms with Crippen LogP contribution in [0.1, 0.15) is 11.1 Å². The summed E-state index contributed by atoms with van der Waals surface area (Å²) in [5, 5.41) is 10.8. The second kappa shape index (κ2) is 11.7. The number of methoxy groups -OCH3 is 1. The molecule has 178 valence electrons. The lowest BCUT2D eigenvalue weighted by molar-refractivity contribution is -0.153. The number of carboxylic acids is 1. The number of hydrogen-bond donors (Lipinski definition) is 1. The summed E-state index contributed by atoms with van der Waals surface area (Å²) in [6.45, 7) is 0.318. The van der Waals surface area contributed by atoms with Crippen molar-refractivity contribution in [1.29, 1.82) is 0 Å². The highest BCUT2D eigenvalue weighted by molar-refractivity contribution is 6.35. The minimum Gasteiger partial charge on any atom is -0.489 e. The topological polar surface area (TPSA) is 94.5 Å². The number of rotatable bonds is 10. The van der Waals surface area contributed by atoms with Gasteiger partial charge in [0.25, 0.3) is 5.91 Å². The van der Waals surface area contributed by atoms with Crippen molar-refractivity contribution in [2.24, 2.45) is 0 Å². The molecule has 0 aromatic heterocycles. The van der Waals surface area contributed by atoms with E-state index in [9.17, 15) is 14.7 Å². The van der Waals surface area contributed by atoms with Crippen molar-refractivity contribution < 1.29 is 33.6 Å². The van der Waals surface area contributed by atoms with Crippen molar-refractivity contribution in [3.05, 3.63) is 63.6 Å². The minimum absolute atomic E-state index is 0.0448. The molecule has 1 aliphatic rings. The van der Waals surface area contributed by atoms with Crippen LogP contribution < -0.4 is 4.74 Å². The molecule has 1 heterocycles. The highest BCUT2D eigenvalue weighted by Crippen LogP contribution is 2.26. The number of hydrogen-bond acceptors (Lipinski definition) is 6. The lowest BCUT2D eigenvalue weighted by atomic mass is 10.0. The second-order valence-electron chi connectivity index (χ2n) is 7.51. The Kier molecular flexibility index (Phi) is 8.94. The molecule has 2 aromatic carbocycles. The van der Waals surface area contributed by atoms with Gasteiger partial charge in [-0.15, -0.1) is 0 Å². The first kappa shape index (κ1) is 25.3. The van der Waals surface area contributed by atoms with E-state index in [1.54, 1.807) is 42.5 Å². The summed E-state index contributed by atoms with van der Waals surface area (Å²) < 4.78 is 21.5. The molecule has 1 N–H and O–H groups in total. The molecule has 0 unspecified atom stereocenters. The SMILES string of the molecule is COC[C@@H]1OCO[C@H]1C(=O)N(C)[C@@H](Cc1ccc(OCc2c(Cl)cccc2Cl)cc1)C(=O)O. The normalized spacial score (nSPS) is 18.7. The van der Waals surface area contributed by atoms with Crippen LogP contribution in [0.2, 0.25) is 10.0 Å². The molecule has 2 aromatic rings. The van der Waals surface area contributed by atoms with Crippen LogP contribution in [0.15, 0.2) is 42.5 Å². The summed E-state index contributed by atoms with van der Waals surface area (Å²) in [7, 11) is 2.93. The molecular weight excluding hydrogens is 473 g/mol. The van der Waals surface area contributed by atoms with Crippen LogP contribution in [-0.4, -0.2) is 67.7 Å². The molecule has 0 aliphatic carbocycles. The zero-order valence-electron chi connectivity index (χ0n) is 18.2. The van der Waals surface area contributed by atoms with Crippen molar-refractivity contribution in [2.75, 3.05) is 27.6 Å². The van der Waals surface area contributed by atoms with Crippen molar-refractivity contribution in [2.45, 2.75) is 31.3 Å². The Bertz CT molecular complexity index is 950. The van der Waals surface area contributed by atoms with Gasteiger partial charge in [-0.1, -0.05) is 41.4 Å². The average molecular weight is 498 g/mol. The number of carboxylic acid groups (broad SMARTS) is 1. The van der Waals surface area contributed by atoms with Gasteiger partial charge in [0.2, 0.25) is 0 Å². The lowest BCUT2D eigenvalue weighted by Crippen LogP contribution is -2.50. The molecule has 3 rings (SSSR count). The summed E-state index contributed by atoms with van der Waals surface area (Å²) in [5.41, 5.74) is 1.41. The quantitative estimate of drug-likeness (QED) is 0.537. The Morgan fingerprint density at radius 2 is 1.82 bits per heavy atom. The fourth-order valence-corrected chi connectivity index (χ4v) is 3.95. The molecule has 1 amide bonds. The number of amides is 1. The smallest absolute Gasteiger partial charge is 0.326 e. The fourth-order valence-electron chi connectivity index (χ4n) is 3.44. The molecule has 8 nitrogen and oxygen atoms in total. The third-order valence-corrected chi connectivity index (χ3v) is 6.05. The van der Waals surface area contributed by atoms with Crippen LogP contribution in [0.25, 0.3) is 0 Å². The van der Waals surface area contributed by atoms with Gasteiger partial charge in [0, 0.05) is 36.2 Å². The largest absolute Gasteiger partial charge is 0.489 e. The number of halogens is 2. The number of ether oxygens (including phenoxy) is 4. The van der Waals surface area contributed by atoms with Crippen LogP contribution in [0.4, 0.5) is 0 Å². The Hall–Kier alpha value is -2.36. The first-order chi connectivity index (χ1) is 15.8. The highest BCUT2D eigenvalue weighted by Gasteiger charge is 2.40. The number of likely N-dealkylation sites (N-methyl/N-ethyl adjacent to an activating group) is 1. The van der Waals surface area contributed by atoms with Crippen molar-refractivity contribution >= 4 is 35.1 Å². The van der Waals surface area contributed by atoms with Crippen molar-refractivity contribution in [1.82, 2.24) is 4.90 Å². The standard InChI is InChI=1S/C23H25Cl2NO7/c1-26(22(27)21-20(12-30-2)32-13-33-21)19(23(28)29)10-14-6-8-15(9-7-14)31-11-16-17(24)4-3-5-18(16)25/h3-9,19-21H,10-13H2,1-2H3,(H,28,29)/t19-,20-,21+/m0/s1. The van der Waals surface area contributed by atoms with Crippen LogP contribution >= 0.6 is 23.2 Å². The van der Waals surface area contributed by atoms with E-state index in [4.69, 9.17) is 42.1 Å². The Labute approximate surface area is 201 Å². The van der Waals surface area contributed by atoms with Gasteiger partial charge in [-0.2, -0.15) is 0 Å². The molecule has 3 atom stereocenters. The molecule has 1 fully saturated rings. The van der Waals surface area contributed by atoms with E-state index in [1.807, 2.05) is 0 Å². The summed E-state index contributed by atoms with van der Waals surface area (Å²) in [6.07, 6.45) is -1.39. The van der Waals surface area contributed by atoms with Crippen LogP contribution in [0, 0.1) is 0 Å². The predicted molar refractivity (Wildman–Crippen MR) is 122 cm³/mol. The van der Waals surface area contributed by atoms with E-state index in [1.165, 1.54) is 19.1 Å². The summed E-state index contributed by atoms with van der Waals surface area (Å²) in [5.74, 6) is -1.02. The molecule has 1 aliphatic heterocycles. The minimum atomic E-state index is -1.12. The first-order valence-corrected chi connectivity index (χ1v) is 10.9. The van der Waals surface area contributed by atoms with Crippen LogP contribution in [-0.2, 0) is 36.8 Å². The maximum Gasteiger partial charge on any atom is 0.326 e. The number of carbonyl (C=O) groups excluding carboxylic acids is 1. The first-order valence-electron chi connectivity index (χ1n) is 10.2. The molecule has 0 radical (unpaired) electrons. The Morgan fingerprint density at radius 1 is 1.15 bits per heavy atom. The zero-order chi connectivity index (χ0) is 24.0. The lowest BCUT2D eigenvalue weighted by Gasteiger charge is -2.28. The molecule has 1 saturated heterocycles. The van der Waals surface area contributed by atoms with Crippen LogP contribution in [0.3, 0.4) is 0 Å². The van der Waals surface area contributed by atoms with Gasteiger partial charge in [0.15, 0.2) is 6.10 Å². The van der Waals surface area contributed by atoms with Gasteiger partial charge in [0.1, 0.15) is 31.3 Å².